The van der Waals surface area contributed by atoms with Crippen molar-refractivity contribution in [2.45, 2.75) is 31.7 Å². The highest BCUT2D eigenvalue weighted by molar-refractivity contribution is 5.41. The number of para-hydroxylation sites is 1. The molecule has 2 aromatic rings. The van der Waals surface area contributed by atoms with Gasteiger partial charge in [-0.2, -0.15) is 4.68 Å². The number of hydrogen-bond acceptors (Lipinski definition) is 5. The molecule has 1 atom stereocenters. The quantitative estimate of drug-likeness (QED) is 0.910. The van der Waals surface area contributed by atoms with Crippen LogP contribution in [0, 0.1) is 0 Å². The molecule has 1 saturated heterocycles. The summed E-state index contributed by atoms with van der Waals surface area (Å²) in [6.45, 7) is 1.70. The molecule has 1 unspecified atom stereocenters. The van der Waals surface area contributed by atoms with Gasteiger partial charge in [0.05, 0.1) is 5.69 Å². The average Bonchev–Trinajstić information content (AvgIpc) is 2.98. The van der Waals surface area contributed by atoms with Crippen LogP contribution >= 0.6 is 0 Å². The van der Waals surface area contributed by atoms with Gasteiger partial charge in [0.1, 0.15) is 0 Å². The third-order valence-electron chi connectivity index (χ3n) is 3.84. The van der Waals surface area contributed by atoms with Gasteiger partial charge in [-0.05, 0) is 54.8 Å². The molecule has 0 aliphatic carbocycles. The smallest absolute Gasteiger partial charge is 0.250 e. The molecule has 1 aromatic carbocycles. The number of nitrogens with zero attached hydrogens (tertiary/aromatic N) is 5. The van der Waals surface area contributed by atoms with E-state index in [1.165, 1.54) is 19.3 Å². The molecule has 0 radical (unpaired) electrons. The maximum Gasteiger partial charge on any atom is 0.250 e. The third kappa shape index (κ3) is 2.51. The molecule has 1 aliphatic rings. The van der Waals surface area contributed by atoms with Gasteiger partial charge in [0.15, 0.2) is 0 Å². The molecular formula is C14H20N6. The highest BCUT2D eigenvalue weighted by Gasteiger charge is 2.26. The zero-order valence-electron chi connectivity index (χ0n) is 11.5. The van der Waals surface area contributed by atoms with Gasteiger partial charge in [-0.25, -0.2) is 0 Å². The van der Waals surface area contributed by atoms with Gasteiger partial charge in [-0.1, -0.05) is 23.3 Å². The number of piperidine rings is 1. The van der Waals surface area contributed by atoms with Crippen LogP contribution in [0.5, 0.6) is 0 Å². The first-order valence-electron chi connectivity index (χ1n) is 7.20. The van der Waals surface area contributed by atoms with Crippen LogP contribution in [0.1, 0.15) is 25.7 Å². The lowest BCUT2D eigenvalue weighted by Crippen LogP contribution is -2.42. The molecule has 0 spiro atoms. The average molecular weight is 272 g/mol. The molecule has 6 heteroatoms. The number of anilines is 1. The second-order valence-corrected chi connectivity index (χ2v) is 5.15. The molecule has 0 bridgehead atoms. The molecule has 106 valence electrons. The number of nitrogens with two attached hydrogens (primary N) is 1. The Bertz CT molecular complexity index is 536. The summed E-state index contributed by atoms with van der Waals surface area (Å²) in [5.41, 5.74) is 6.73. The van der Waals surface area contributed by atoms with Crippen LogP contribution in [0.15, 0.2) is 30.3 Å². The number of aromatic nitrogens is 4. The first-order valence-corrected chi connectivity index (χ1v) is 7.20. The molecule has 6 nitrogen and oxygen atoms in total. The van der Waals surface area contributed by atoms with E-state index in [2.05, 4.69) is 20.4 Å². The van der Waals surface area contributed by atoms with Crippen molar-refractivity contribution < 1.29 is 0 Å². The standard InChI is InChI=1S/C14H20N6/c15-10-9-12-6-4-5-11-19(12)14-16-17-18-20(14)13-7-2-1-3-8-13/h1-3,7-8,12H,4-6,9-11,15H2. The predicted molar refractivity (Wildman–Crippen MR) is 77.8 cm³/mol. The van der Waals surface area contributed by atoms with Crippen LogP contribution in [0.25, 0.3) is 5.69 Å². The van der Waals surface area contributed by atoms with Crippen molar-refractivity contribution in [2.75, 3.05) is 18.0 Å². The summed E-state index contributed by atoms with van der Waals surface area (Å²) in [5, 5.41) is 12.2. The first kappa shape index (κ1) is 13.1. The van der Waals surface area contributed by atoms with Gasteiger partial charge in [-0.15, -0.1) is 0 Å². The summed E-state index contributed by atoms with van der Waals surface area (Å²) in [5.74, 6) is 0.828. The number of rotatable bonds is 4. The Balaban J connectivity index is 1.92. The molecular weight excluding hydrogens is 252 g/mol. The Kier molecular flexibility index (Phi) is 3.92. The molecule has 1 aromatic heterocycles. The maximum atomic E-state index is 5.74. The minimum atomic E-state index is 0.446. The number of tetrazole rings is 1. The van der Waals surface area contributed by atoms with E-state index in [1.807, 2.05) is 35.0 Å². The Morgan fingerprint density at radius 1 is 1.20 bits per heavy atom. The van der Waals surface area contributed by atoms with Crippen LogP contribution in [-0.2, 0) is 0 Å². The lowest BCUT2D eigenvalue weighted by atomic mass is 10.00. The van der Waals surface area contributed by atoms with Crippen LogP contribution in [0.3, 0.4) is 0 Å². The molecule has 2 N–H and O–H groups in total. The van der Waals surface area contributed by atoms with Gasteiger partial charge in [0, 0.05) is 12.6 Å². The van der Waals surface area contributed by atoms with Crippen LogP contribution in [-0.4, -0.2) is 39.3 Å². The molecule has 1 fully saturated rings. The SMILES string of the molecule is NCCC1CCCCN1c1nnnn1-c1ccccc1. The topological polar surface area (TPSA) is 72.9 Å². The molecule has 1 aliphatic heterocycles. The molecule has 3 rings (SSSR count). The summed E-state index contributed by atoms with van der Waals surface area (Å²) in [6, 6.07) is 10.5. The van der Waals surface area contributed by atoms with Gasteiger partial charge >= 0.3 is 0 Å². The van der Waals surface area contributed by atoms with Crippen molar-refractivity contribution in [2.24, 2.45) is 5.73 Å². The van der Waals surface area contributed by atoms with Crippen molar-refractivity contribution in [1.82, 2.24) is 20.2 Å². The normalized spacial score (nSPS) is 19.2. The van der Waals surface area contributed by atoms with Gasteiger partial charge in [-0.3, -0.25) is 0 Å². The monoisotopic (exact) mass is 272 g/mol. The van der Waals surface area contributed by atoms with Crippen LogP contribution < -0.4 is 10.6 Å². The second kappa shape index (κ2) is 6.00. The summed E-state index contributed by atoms with van der Waals surface area (Å²) in [7, 11) is 0. The largest absolute Gasteiger partial charge is 0.336 e. The minimum absolute atomic E-state index is 0.446. The second-order valence-electron chi connectivity index (χ2n) is 5.15. The van der Waals surface area contributed by atoms with E-state index in [-0.39, 0.29) is 0 Å². The minimum Gasteiger partial charge on any atom is -0.336 e. The van der Waals surface area contributed by atoms with Crippen molar-refractivity contribution in [3.63, 3.8) is 0 Å². The van der Waals surface area contributed by atoms with Crippen LogP contribution in [0.4, 0.5) is 5.95 Å². The maximum absolute atomic E-state index is 5.74. The van der Waals surface area contributed by atoms with E-state index < -0.39 is 0 Å². The fraction of sp³-hybridized carbons (Fsp3) is 0.500. The Morgan fingerprint density at radius 2 is 2.05 bits per heavy atom. The van der Waals surface area contributed by atoms with E-state index in [4.69, 9.17) is 5.73 Å². The van der Waals surface area contributed by atoms with Crippen molar-refractivity contribution in [3.05, 3.63) is 30.3 Å². The Hall–Kier alpha value is -1.95. The van der Waals surface area contributed by atoms with E-state index in [0.717, 1.165) is 24.6 Å². The van der Waals surface area contributed by atoms with E-state index in [0.29, 0.717) is 12.6 Å². The summed E-state index contributed by atoms with van der Waals surface area (Å²) >= 11 is 0. The fourth-order valence-electron chi connectivity index (χ4n) is 2.85. The fourth-order valence-corrected chi connectivity index (χ4v) is 2.85. The Labute approximate surface area is 118 Å². The molecule has 20 heavy (non-hydrogen) atoms. The predicted octanol–water partition coefficient (Wildman–Crippen LogP) is 1.37. The molecule has 2 heterocycles. The van der Waals surface area contributed by atoms with Gasteiger partial charge < -0.3 is 10.6 Å². The van der Waals surface area contributed by atoms with Gasteiger partial charge in [0.2, 0.25) is 0 Å². The van der Waals surface area contributed by atoms with Crippen molar-refractivity contribution in [1.29, 1.82) is 0 Å². The van der Waals surface area contributed by atoms with Crippen molar-refractivity contribution in [3.8, 4) is 5.69 Å². The summed E-state index contributed by atoms with van der Waals surface area (Å²) in [6.07, 6.45) is 4.59. The highest BCUT2D eigenvalue weighted by atomic mass is 15.6. The zero-order valence-corrected chi connectivity index (χ0v) is 11.5. The lowest BCUT2D eigenvalue weighted by molar-refractivity contribution is 0.433. The summed E-state index contributed by atoms with van der Waals surface area (Å²) in [4.78, 5) is 2.31. The van der Waals surface area contributed by atoms with Crippen LogP contribution in [0.2, 0.25) is 0 Å². The lowest BCUT2D eigenvalue weighted by Gasteiger charge is -2.35. The number of hydrogen-bond donors (Lipinski definition) is 1. The van der Waals surface area contributed by atoms with E-state index >= 15 is 0 Å². The molecule has 0 saturated carbocycles. The summed E-state index contributed by atoms with van der Waals surface area (Å²) < 4.78 is 1.81. The molecule has 0 amide bonds. The highest BCUT2D eigenvalue weighted by Crippen LogP contribution is 2.25. The zero-order chi connectivity index (χ0) is 13.8. The number of benzene rings is 1. The Morgan fingerprint density at radius 3 is 2.85 bits per heavy atom. The van der Waals surface area contributed by atoms with Gasteiger partial charge in [0.25, 0.3) is 5.95 Å². The van der Waals surface area contributed by atoms with E-state index in [9.17, 15) is 0 Å². The van der Waals surface area contributed by atoms with Crippen molar-refractivity contribution >= 4 is 5.95 Å². The third-order valence-corrected chi connectivity index (χ3v) is 3.84. The van der Waals surface area contributed by atoms with E-state index in [1.54, 1.807) is 0 Å². The first-order chi connectivity index (χ1) is 9.90.